The second-order valence-electron chi connectivity index (χ2n) is 4.35. The highest BCUT2D eigenvalue weighted by atomic mass is 35.5. The minimum atomic E-state index is -0.112. The summed E-state index contributed by atoms with van der Waals surface area (Å²) in [5, 5.41) is 0.677. The van der Waals surface area contributed by atoms with Crippen molar-refractivity contribution in [3.8, 4) is 0 Å². The molecule has 0 bridgehead atoms. The molecular weight excluding hydrogens is 238 g/mol. The Balaban J connectivity index is 1.74. The van der Waals surface area contributed by atoms with Crippen LogP contribution in [0.3, 0.4) is 0 Å². The number of hydrogen-bond donors (Lipinski definition) is 1. The second kappa shape index (κ2) is 6.03. The van der Waals surface area contributed by atoms with Gasteiger partial charge in [0, 0.05) is 5.02 Å². The first-order chi connectivity index (χ1) is 8.24. The largest absolute Gasteiger partial charge is 0.272 e. The predicted octanol–water partition coefficient (Wildman–Crippen LogP) is 2.87. The quantitative estimate of drug-likeness (QED) is 0.838. The minimum absolute atomic E-state index is 0.112. The number of halogens is 1. The van der Waals surface area contributed by atoms with Gasteiger partial charge in [0.2, 0.25) is 5.91 Å². The molecular formula is C13H16ClNO2. The van der Waals surface area contributed by atoms with E-state index in [4.69, 9.17) is 16.4 Å². The zero-order valence-electron chi connectivity index (χ0n) is 9.62. The van der Waals surface area contributed by atoms with Gasteiger partial charge in [-0.2, -0.15) is 0 Å². The topological polar surface area (TPSA) is 38.3 Å². The maximum absolute atomic E-state index is 11.6. The zero-order chi connectivity index (χ0) is 12.1. The lowest BCUT2D eigenvalue weighted by Gasteiger charge is -2.11. The molecule has 1 fully saturated rings. The molecule has 17 heavy (non-hydrogen) atoms. The van der Waals surface area contributed by atoms with E-state index in [1.54, 1.807) is 12.1 Å². The Morgan fingerprint density at radius 2 is 1.94 bits per heavy atom. The maximum Gasteiger partial charge on any atom is 0.247 e. The molecule has 1 aromatic rings. The monoisotopic (exact) mass is 253 g/mol. The van der Waals surface area contributed by atoms with E-state index in [1.807, 2.05) is 12.1 Å². The Morgan fingerprint density at radius 1 is 1.29 bits per heavy atom. The Morgan fingerprint density at radius 3 is 2.59 bits per heavy atom. The number of nitrogens with one attached hydrogen (secondary N) is 1. The Bertz CT molecular complexity index is 372. The van der Waals surface area contributed by atoms with Gasteiger partial charge in [-0.15, -0.1) is 0 Å². The van der Waals surface area contributed by atoms with Crippen molar-refractivity contribution < 1.29 is 9.63 Å². The van der Waals surface area contributed by atoms with Crippen molar-refractivity contribution >= 4 is 17.5 Å². The van der Waals surface area contributed by atoms with Crippen LogP contribution in [-0.2, 0) is 16.1 Å². The summed E-state index contributed by atoms with van der Waals surface area (Å²) in [5.74, 6) is -0.112. The molecule has 0 saturated heterocycles. The molecule has 0 spiro atoms. The lowest BCUT2D eigenvalue weighted by Crippen LogP contribution is -2.29. The van der Waals surface area contributed by atoms with Gasteiger partial charge >= 0.3 is 0 Å². The number of carbonyl (C=O) groups is 1. The molecule has 92 valence electrons. The number of hydrogen-bond acceptors (Lipinski definition) is 2. The Kier molecular flexibility index (Phi) is 4.40. The number of carbonyl (C=O) groups excluding carboxylic acids is 1. The Hall–Kier alpha value is -1.06. The highest BCUT2D eigenvalue weighted by Gasteiger charge is 2.16. The van der Waals surface area contributed by atoms with Gasteiger partial charge in [-0.25, -0.2) is 5.48 Å². The molecule has 0 unspecified atom stereocenters. The summed E-state index contributed by atoms with van der Waals surface area (Å²) >= 11 is 5.77. The van der Waals surface area contributed by atoms with Crippen LogP contribution in [0.2, 0.25) is 5.02 Å². The summed E-state index contributed by atoms with van der Waals surface area (Å²) in [6, 6.07) is 7.25. The third kappa shape index (κ3) is 4.02. The SMILES string of the molecule is O=C(Cc1ccc(Cl)cc1)NOC1CCCC1. The van der Waals surface area contributed by atoms with Crippen LogP contribution in [0.25, 0.3) is 0 Å². The second-order valence-corrected chi connectivity index (χ2v) is 4.79. The molecule has 1 N–H and O–H groups in total. The third-order valence-corrected chi connectivity index (χ3v) is 3.17. The fraction of sp³-hybridized carbons (Fsp3) is 0.462. The average Bonchev–Trinajstić information content (AvgIpc) is 2.83. The molecule has 2 rings (SSSR count). The van der Waals surface area contributed by atoms with Crippen LogP contribution in [0.4, 0.5) is 0 Å². The van der Waals surface area contributed by atoms with Gasteiger partial charge in [0.25, 0.3) is 0 Å². The van der Waals surface area contributed by atoms with E-state index in [9.17, 15) is 4.79 Å². The van der Waals surface area contributed by atoms with Crippen LogP contribution in [0.5, 0.6) is 0 Å². The number of hydroxylamine groups is 1. The number of amides is 1. The van der Waals surface area contributed by atoms with Gasteiger partial charge in [0.05, 0.1) is 12.5 Å². The summed E-state index contributed by atoms with van der Waals surface area (Å²) in [5.41, 5.74) is 3.45. The maximum atomic E-state index is 11.6. The van der Waals surface area contributed by atoms with Crippen molar-refractivity contribution in [1.29, 1.82) is 0 Å². The Labute approximate surface area is 106 Å². The molecule has 1 amide bonds. The predicted molar refractivity (Wildman–Crippen MR) is 66.6 cm³/mol. The van der Waals surface area contributed by atoms with E-state index in [2.05, 4.69) is 5.48 Å². The summed E-state index contributed by atoms with van der Waals surface area (Å²) in [6.07, 6.45) is 4.99. The van der Waals surface area contributed by atoms with Crippen molar-refractivity contribution in [3.63, 3.8) is 0 Å². The van der Waals surface area contributed by atoms with Crippen LogP contribution in [0, 0.1) is 0 Å². The molecule has 0 aliphatic heterocycles. The summed E-state index contributed by atoms with van der Waals surface area (Å²) in [6.45, 7) is 0. The van der Waals surface area contributed by atoms with Crippen molar-refractivity contribution in [2.45, 2.75) is 38.2 Å². The van der Waals surface area contributed by atoms with Crippen molar-refractivity contribution in [2.75, 3.05) is 0 Å². The number of benzene rings is 1. The molecule has 1 saturated carbocycles. The van der Waals surface area contributed by atoms with Crippen LogP contribution >= 0.6 is 11.6 Å². The highest BCUT2D eigenvalue weighted by molar-refractivity contribution is 6.30. The van der Waals surface area contributed by atoms with E-state index in [-0.39, 0.29) is 12.0 Å². The molecule has 1 aliphatic carbocycles. The summed E-state index contributed by atoms with van der Waals surface area (Å²) < 4.78 is 0. The molecule has 0 radical (unpaired) electrons. The van der Waals surface area contributed by atoms with E-state index in [1.165, 1.54) is 12.8 Å². The molecule has 0 heterocycles. The van der Waals surface area contributed by atoms with Gasteiger partial charge in [-0.1, -0.05) is 36.6 Å². The highest BCUT2D eigenvalue weighted by Crippen LogP contribution is 2.19. The lowest BCUT2D eigenvalue weighted by molar-refractivity contribution is -0.137. The van der Waals surface area contributed by atoms with Gasteiger partial charge < -0.3 is 0 Å². The van der Waals surface area contributed by atoms with E-state index < -0.39 is 0 Å². The molecule has 3 nitrogen and oxygen atoms in total. The summed E-state index contributed by atoms with van der Waals surface area (Å²) in [4.78, 5) is 16.9. The van der Waals surface area contributed by atoms with E-state index >= 15 is 0 Å². The average molecular weight is 254 g/mol. The zero-order valence-corrected chi connectivity index (χ0v) is 10.4. The normalized spacial score (nSPS) is 16.1. The molecule has 0 atom stereocenters. The van der Waals surface area contributed by atoms with Gasteiger partial charge in [0.1, 0.15) is 0 Å². The van der Waals surface area contributed by atoms with Gasteiger partial charge in [-0.05, 0) is 30.5 Å². The van der Waals surface area contributed by atoms with E-state index in [0.717, 1.165) is 18.4 Å². The number of rotatable bonds is 4. The fourth-order valence-electron chi connectivity index (χ4n) is 1.98. The molecule has 1 aliphatic rings. The van der Waals surface area contributed by atoms with Gasteiger partial charge in [-0.3, -0.25) is 9.63 Å². The minimum Gasteiger partial charge on any atom is -0.272 e. The van der Waals surface area contributed by atoms with Crippen LogP contribution in [0.1, 0.15) is 31.2 Å². The first kappa shape index (κ1) is 12.4. The van der Waals surface area contributed by atoms with Crippen molar-refractivity contribution in [2.24, 2.45) is 0 Å². The van der Waals surface area contributed by atoms with Crippen LogP contribution < -0.4 is 5.48 Å². The smallest absolute Gasteiger partial charge is 0.247 e. The van der Waals surface area contributed by atoms with Crippen LogP contribution in [-0.4, -0.2) is 12.0 Å². The first-order valence-electron chi connectivity index (χ1n) is 5.93. The lowest BCUT2D eigenvalue weighted by atomic mass is 10.1. The first-order valence-corrected chi connectivity index (χ1v) is 6.31. The fourth-order valence-corrected chi connectivity index (χ4v) is 2.10. The van der Waals surface area contributed by atoms with Crippen molar-refractivity contribution in [1.82, 2.24) is 5.48 Å². The molecule has 0 aromatic heterocycles. The standard InChI is InChI=1S/C13H16ClNO2/c14-11-7-5-10(6-8-11)9-13(16)15-17-12-3-1-2-4-12/h5-8,12H,1-4,9H2,(H,15,16). The molecule has 4 heteroatoms. The van der Waals surface area contributed by atoms with Gasteiger partial charge in [0.15, 0.2) is 0 Å². The van der Waals surface area contributed by atoms with Crippen molar-refractivity contribution in [3.05, 3.63) is 34.9 Å². The molecule has 1 aromatic carbocycles. The van der Waals surface area contributed by atoms with Crippen LogP contribution in [0.15, 0.2) is 24.3 Å². The van der Waals surface area contributed by atoms with E-state index in [0.29, 0.717) is 11.4 Å². The summed E-state index contributed by atoms with van der Waals surface area (Å²) in [7, 11) is 0. The third-order valence-electron chi connectivity index (χ3n) is 2.92.